The van der Waals surface area contributed by atoms with Crippen LogP contribution in [-0.2, 0) is 12.0 Å². The lowest BCUT2D eigenvalue weighted by Gasteiger charge is -2.13. The Balaban J connectivity index is 3.20. The lowest BCUT2D eigenvalue weighted by Crippen LogP contribution is -2.09. The normalized spacial score (nSPS) is 11.7. The number of aliphatic hydroxyl groups is 1. The van der Waals surface area contributed by atoms with Crippen molar-refractivity contribution in [2.75, 3.05) is 0 Å². The number of carboxylic acid groups (broad SMARTS) is 1. The topological polar surface area (TPSA) is 70.7 Å². The van der Waals surface area contributed by atoms with E-state index in [-0.39, 0.29) is 17.8 Å². The molecule has 0 aromatic carbocycles. The maximum atomic E-state index is 10.7. The lowest BCUT2D eigenvalue weighted by atomic mass is 9.93. The second-order valence-corrected chi connectivity index (χ2v) is 4.18. The predicted molar refractivity (Wildman–Crippen MR) is 50.3 cm³/mol. The molecule has 1 rings (SSSR count). The minimum absolute atomic E-state index is 0.169. The first-order chi connectivity index (χ1) is 6.36. The van der Waals surface area contributed by atoms with Gasteiger partial charge in [0.1, 0.15) is 5.76 Å². The van der Waals surface area contributed by atoms with Crippen molar-refractivity contribution in [2.45, 2.75) is 32.8 Å². The Bertz CT molecular complexity index is 343. The van der Waals surface area contributed by atoms with E-state index in [1.54, 1.807) is 6.07 Å². The van der Waals surface area contributed by atoms with E-state index in [2.05, 4.69) is 0 Å². The molecule has 0 bridgehead atoms. The van der Waals surface area contributed by atoms with E-state index < -0.39 is 5.97 Å². The van der Waals surface area contributed by atoms with Crippen molar-refractivity contribution in [3.05, 3.63) is 23.2 Å². The van der Waals surface area contributed by atoms with Gasteiger partial charge in [-0.3, -0.25) is 0 Å². The van der Waals surface area contributed by atoms with Crippen LogP contribution in [0.4, 0.5) is 0 Å². The number of hydrogen-bond donors (Lipinski definition) is 2. The Morgan fingerprint density at radius 2 is 2.07 bits per heavy atom. The molecule has 0 aliphatic rings. The average molecular weight is 198 g/mol. The van der Waals surface area contributed by atoms with Crippen molar-refractivity contribution < 1.29 is 19.4 Å². The highest BCUT2D eigenvalue weighted by molar-refractivity contribution is 5.86. The number of carboxylic acids is 1. The summed E-state index contributed by atoms with van der Waals surface area (Å²) in [6, 6.07) is 1.59. The van der Waals surface area contributed by atoms with Crippen LogP contribution in [0.15, 0.2) is 10.5 Å². The molecule has 0 unspecified atom stereocenters. The highest BCUT2D eigenvalue weighted by Crippen LogP contribution is 2.27. The Hall–Kier alpha value is -1.29. The van der Waals surface area contributed by atoms with Crippen molar-refractivity contribution >= 4 is 5.97 Å². The molecule has 0 saturated carbocycles. The van der Waals surface area contributed by atoms with Gasteiger partial charge in [0, 0.05) is 11.0 Å². The molecule has 1 aromatic rings. The number of furan rings is 1. The summed E-state index contributed by atoms with van der Waals surface area (Å²) in [5.74, 6) is -0.749. The van der Waals surface area contributed by atoms with E-state index in [0.29, 0.717) is 11.3 Å². The van der Waals surface area contributed by atoms with E-state index in [9.17, 15) is 4.79 Å². The van der Waals surface area contributed by atoms with Gasteiger partial charge in [-0.1, -0.05) is 20.8 Å². The summed E-state index contributed by atoms with van der Waals surface area (Å²) in [6.45, 7) is 5.43. The highest BCUT2D eigenvalue weighted by atomic mass is 16.4. The third-order valence-corrected chi connectivity index (χ3v) is 1.91. The number of aromatic carboxylic acids is 1. The molecule has 1 aromatic heterocycles. The maximum absolute atomic E-state index is 10.7. The molecule has 0 atom stereocenters. The van der Waals surface area contributed by atoms with Crippen molar-refractivity contribution in [1.29, 1.82) is 0 Å². The van der Waals surface area contributed by atoms with E-state index in [1.165, 1.54) is 0 Å². The molecule has 14 heavy (non-hydrogen) atoms. The maximum Gasteiger partial charge on any atom is 0.372 e. The molecular weight excluding hydrogens is 184 g/mol. The second kappa shape index (κ2) is 3.46. The minimum Gasteiger partial charge on any atom is -0.475 e. The first kappa shape index (κ1) is 10.8. The zero-order valence-electron chi connectivity index (χ0n) is 8.50. The van der Waals surface area contributed by atoms with Crippen LogP contribution < -0.4 is 0 Å². The first-order valence-corrected chi connectivity index (χ1v) is 4.33. The molecular formula is C10H14O4. The van der Waals surface area contributed by atoms with Crippen LogP contribution in [0, 0.1) is 0 Å². The minimum atomic E-state index is -1.15. The Morgan fingerprint density at radius 3 is 2.36 bits per heavy atom. The number of carbonyl (C=O) groups is 1. The lowest BCUT2D eigenvalue weighted by molar-refractivity contribution is 0.0654. The number of hydrogen-bond acceptors (Lipinski definition) is 3. The fraction of sp³-hybridized carbons (Fsp3) is 0.500. The summed E-state index contributed by atoms with van der Waals surface area (Å²) >= 11 is 0. The van der Waals surface area contributed by atoms with Gasteiger partial charge in [-0.2, -0.15) is 0 Å². The van der Waals surface area contributed by atoms with Crippen LogP contribution in [0.3, 0.4) is 0 Å². The molecule has 0 aliphatic heterocycles. The van der Waals surface area contributed by atoms with Gasteiger partial charge in [0.05, 0.1) is 6.61 Å². The summed E-state index contributed by atoms with van der Waals surface area (Å²) < 4.78 is 5.17. The Labute approximate surface area is 82.2 Å². The predicted octanol–water partition coefficient (Wildman–Crippen LogP) is 1.77. The highest BCUT2D eigenvalue weighted by Gasteiger charge is 2.24. The van der Waals surface area contributed by atoms with E-state index >= 15 is 0 Å². The summed E-state index contributed by atoms with van der Waals surface area (Å²) in [6.07, 6.45) is 0. The summed E-state index contributed by atoms with van der Waals surface area (Å²) in [5.41, 5.74) is 0.0693. The third-order valence-electron chi connectivity index (χ3n) is 1.91. The van der Waals surface area contributed by atoms with E-state index in [4.69, 9.17) is 14.6 Å². The van der Waals surface area contributed by atoms with Gasteiger partial charge in [-0.05, 0) is 6.07 Å². The summed E-state index contributed by atoms with van der Waals surface area (Å²) in [5, 5.41) is 17.7. The van der Waals surface area contributed by atoms with Crippen LogP contribution in [0.25, 0.3) is 0 Å². The zero-order valence-corrected chi connectivity index (χ0v) is 8.50. The van der Waals surface area contributed by atoms with E-state index in [1.807, 2.05) is 20.8 Å². The fourth-order valence-corrected chi connectivity index (χ4v) is 1.10. The van der Waals surface area contributed by atoms with Gasteiger partial charge < -0.3 is 14.6 Å². The number of aliphatic hydroxyl groups excluding tert-OH is 1. The summed E-state index contributed by atoms with van der Waals surface area (Å²) in [4.78, 5) is 10.7. The second-order valence-electron chi connectivity index (χ2n) is 4.18. The largest absolute Gasteiger partial charge is 0.475 e. The monoisotopic (exact) mass is 198 g/mol. The molecule has 78 valence electrons. The van der Waals surface area contributed by atoms with Crippen LogP contribution in [0.2, 0.25) is 0 Å². The van der Waals surface area contributed by atoms with Crippen LogP contribution in [0.1, 0.15) is 42.6 Å². The Kier molecular flexibility index (Phi) is 2.66. The first-order valence-electron chi connectivity index (χ1n) is 4.33. The standard InChI is InChI=1S/C10H14O4/c1-10(2,3)7-4-6(5-11)8(14-7)9(12)13/h4,11H,5H2,1-3H3,(H,12,13). The average Bonchev–Trinajstić information content (AvgIpc) is 2.45. The third kappa shape index (κ3) is 1.96. The van der Waals surface area contributed by atoms with Crippen LogP contribution >= 0.6 is 0 Å². The SMILES string of the molecule is CC(C)(C)c1cc(CO)c(C(=O)O)o1. The van der Waals surface area contributed by atoms with Crippen molar-refractivity contribution in [2.24, 2.45) is 0 Å². The Morgan fingerprint density at radius 1 is 1.50 bits per heavy atom. The molecule has 0 aliphatic carbocycles. The fourth-order valence-electron chi connectivity index (χ4n) is 1.10. The molecule has 4 heteroatoms. The van der Waals surface area contributed by atoms with Gasteiger partial charge in [0.2, 0.25) is 5.76 Å². The van der Waals surface area contributed by atoms with Crippen molar-refractivity contribution in [3.8, 4) is 0 Å². The molecule has 0 saturated heterocycles. The molecule has 0 amide bonds. The number of rotatable bonds is 2. The van der Waals surface area contributed by atoms with Crippen molar-refractivity contribution in [1.82, 2.24) is 0 Å². The molecule has 1 heterocycles. The van der Waals surface area contributed by atoms with Crippen molar-refractivity contribution in [3.63, 3.8) is 0 Å². The van der Waals surface area contributed by atoms with Gasteiger partial charge in [0.25, 0.3) is 0 Å². The van der Waals surface area contributed by atoms with E-state index in [0.717, 1.165) is 0 Å². The molecule has 0 spiro atoms. The smallest absolute Gasteiger partial charge is 0.372 e. The molecule has 2 N–H and O–H groups in total. The quantitative estimate of drug-likeness (QED) is 0.759. The van der Waals surface area contributed by atoms with Crippen LogP contribution in [0.5, 0.6) is 0 Å². The molecule has 0 fully saturated rings. The van der Waals surface area contributed by atoms with Gasteiger partial charge >= 0.3 is 5.97 Å². The van der Waals surface area contributed by atoms with Crippen LogP contribution in [-0.4, -0.2) is 16.2 Å². The van der Waals surface area contributed by atoms with Gasteiger partial charge in [-0.15, -0.1) is 0 Å². The molecule has 0 radical (unpaired) electrons. The zero-order chi connectivity index (χ0) is 10.9. The van der Waals surface area contributed by atoms with Gasteiger partial charge in [-0.25, -0.2) is 4.79 Å². The molecule has 4 nitrogen and oxygen atoms in total. The van der Waals surface area contributed by atoms with Gasteiger partial charge in [0.15, 0.2) is 0 Å². The summed E-state index contributed by atoms with van der Waals surface area (Å²) in [7, 11) is 0.